The summed E-state index contributed by atoms with van der Waals surface area (Å²) in [7, 11) is 0. The number of hydrogen-bond acceptors (Lipinski definition) is 4. The van der Waals surface area contributed by atoms with Gasteiger partial charge in [0.2, 0.25) is 0 Å². The highest BCUT2D eigenvalue weighted by Crippen LogP contribution is 2.23. The van der Waals surface area contributed by atoms with Crippen molar-refractivity contribution < 1.29 is 9.90 Å². The fraction of sp³-hybridized carbons (Fsp3) is 0.500. The molecule has 1 saturated carbocycles. The first-order chi connectivity index (χ1) is 10.2. The van der Waals surface area contributed by atoms with Gasteiger partial charge in [-0.3, -0.25) is 5.32 Å². The van der Waals surface area contributed by atoms with Gasteiger partial charge in [-0.2, -0.15) is 0 Å². The average Bonchev–Trinajstić information content (AvgIpc) is 2.95. The van der Waals surface area contributed by atoms with E-state index in [1.807, 2.05) is 0 Å². The number of carbonyl (C=O) groups excluding carboxylic acids is 1. The van der Waals surface area contributed by atoms with Gasteiger partial charge in [-0.15, -0.1) is 0 Å². The van der Waals surface area contributed by atoms with E-state index in [-0.39, 0.29) is 18.7 Å². The highest BCUT2D eigenvalue weighted by molar-refractivity contribution is 5.89. The van der Waals surface area contributed by atoms with Crippen LogP contribution in [-0.4, -0.2) is 38.7 Å². The van der Waals surface area contributed by atoms with Crippen molar-refractivity contribution in [3.8, 4) is 0 Å². The molecule has 0 spiro atoms. The van der Waals surface area contributed by atoms with Crippen molar-refractivity contribution in [2.75, 3.05) is 11.9 Å². The fourth-order valence-electron chi connectivity index (χ4n) is 2.82. The molecule has 21 heavy (non-hydrogen) atoms. The van der Waals surface area contributed by atoms with Crippen LogP contribution in [0.4, 0.5) is 10.6 Å². The summed E-state index contributed by atoms with van der Waals surface area (Å²) >= 11 is 0. The highest BCUT2D eigenvalue weighted by atomic mass is 16.3. The van der Waals surface area contributed by atoms with Gasteiger partial charge in [0.1, 0.15) is 5.52 Å². The smallest absolute Gasteiger partial charge is 0.320 e. The topological polar surface area (TPSA) is 103 Å². The zero-order valence-corrected chi connectivity index (χ0v) is 11.7. The number of rotatable bonds is 3. The van der Waals surface area contributed by atoms with Crippen molar-refractivity contribution in [3.05, 3.63) is 18.5 Å². The first-order valence-electron chi connectivity index (χ1n) is 7.23. The van der Waals surface area contributed by atoms with Crippen LogP contribution in [0.15, 0.2) is 18.5 Å². The number of fused-ring (bicyclic) bond motifs is 1. The molecular weight excluding hydrogens is 270 g/mol. The third-order valence-electron chi connectivity index (χ3n) is 3.88. The number of amides is 2. The number of nitrogens with one attached hydrogen (secondary N) is 3. The molecule has 2 aromatic rings. The Morgan fingerprint density at radius 3 is 3.24 bits per heavy atom. The van der Waals surface area contributed by atoms with E-state index in [1.165, 1.54) is 6.20 Å². The minimum Gasteiger partial charge on any atom is -0.396 e. The lowest BCUT2D eigenvalue weighted by Gasteiger charge is -2.28. The maximum atomic E-state index is 12.0. The minimum absolute atomic E-state index is 0.111. The lowest BCUT2D eigenvalue weighted by atomic mass is 9.86. The number of H-pyrrole nitrogens is 1. The monoisotopic (exact) mass is 289 g/mol. The summed E-state index contributed by atoms with van der Waals surface area (Å²) in [5.74, 6) is 0.717. The molecule has 0 radical (unpaired) electrons. The number of urea groups is 1. The predicted molar refractivity (Wildman–Crippen MR) is 78.9 cm³/mol. The first kappa shape index (κ1) is 13.8. The zero-order valence-electron chi connectivity index (χ0n) is 11.7. The van der Waals surface area contributed by atoms with Crippen LogP contribution in [0.25, 0.3) is 11.2 Å². The second kappa shape index (κ2) is 6.09. The summed E-state index contributed by atoms with van der Waals surface area (Å²) in [6, 6.07) is 1.64. The summed E-state index contributed by atoms with van der Waals surface area (Å²) in [6.07, 6.45) is 7.12. The molecule has 2 aromatic heterocycles. The number of hydrogen-bond donors (Lipinski definition) is 4. The Kier molecular flexibility index (Phi) is 4.01. The van der Waals surface area contributed by atoms with Crippen molar-refractivity contribution >= 4 is 23.0 Å². The molecule has 0 aliphatic heterocycles. The van der Waals surface area contributed by atoms with Crippen molar-refractivity contribution in [1.29, 1.82) is 0 Å². The van der Waals surface area contributed by atoms with Gasteiger partial charge in [-0.05, 0) is 31.2 Å². The normalized spacial score (nSPS) is 22.1. The molecule has 0 saturated heterocycles. The van der Waals surface area contributed by atoms with Gasteiger partial charge in [0, 0.05) is 18.8 Å². The number of aliphatic hydroxyl groups is 1. The van der Waals surface area contributed by atoms with Crippen molar-refractivity contribution in [3.63, 3.8) is 0 Å². The fourth-order valence-corrected chi connectivity index (χ4v) is 2.82. The van der Waals surface area contributed by atoms with Crippen LogP contribution in [0.2, 0.25) is 0 Å². The van der Waals surface area contributed by atoms with Gasteiger partial charge in [0.25, 0.3) is 0 Å². The van der Waals surface area contributed by atoms with Gasteiger partial charge in [-0.1, -0.05) is 6.42 Å². The van der Waals surface area contributed by atoms with Crippen LogP contribution in [0.3, 0.4) is 0 Å². The third kappa shape index (κ3) is 3.30. The molecule has 7 heteroatoms. The summed E-state index contributed by atoms with van der Waals surface area (Å²) in [5, 5.41) is 14.8. The Morgan fingerprint density at radius 1 is 1.48 bits per heavy atom. The summed E-state index contributed by atoms with van der Waals surface area (Å²) < 4.78 is 0. The second-order valence-electron chi connectivity index (χ2n) is 5.48. The lowest BCUT2D eigenvalue weighted by Crippen LogP contribution is -2.41. The average molecular weight is 289 g/mol. The van der Waals surface area contributed by atoms with E-state index in [0.717, 1.165) is 25.7 Å². The van der Waals surface area contributed by atoms with E-state index in [4.69, 9.17) is 0 Å². The lowest BCUT2D eigenvalue weighted by molar-refractivity contribution is 0.171. The van der Waals surface area contributed by atoms with Crippen molar-refractivity contribution in [2.24, 2.45) is 5.92 Å². The zero-order chi connectivity index (χ0) is 14.7. The Morgan fingerprint density at radius 2 is 2.38 bits per heavy atom. The Balaban J connectivity index is 1.58. The molecule has 7 nitrogen and oxygen atoms in total. The SMILES string of the molecule is O=C(Nc1cnc2[nH]ccc2n1)NC1CCCC(CO)C1. The van der Waals surface area contributed by atoms with E-state index in [0.29, 0.717) is 22.9 Å². The van der Waals surface area contributed by atoms with Gasteiger partial charge in [0.05, 0.1) is 6.20 Å². The van der Waals surface area contributed by atoms with E-state index >= 15 is 0 Å². The summed E-state index contributed by atoms with van der Waals surface area (Å²) in [5.41, 5.74) is 1.41. The molecule has 2 amide bonds. The number of anilines is 1. The molecular formula is C14H19N5O2. The van der Waals surface area contributed by atoms with E-state index < -0.39 is 0 Å². The van der Waals surface area contributed by atoms with Crippen molar-refractivity contribution in [1.82, 2.24) is 20.3 Å². The van der Waals surface area contributed by atoms with E-state index in [1.54, 1.807) is 12.3 Å². The molecule has 2 atom stereocenters. The molecule has 2 unspecified atom stereocenters. The molecule has 2 heterocycles. The van der Waals surface area contributed by atoms with Crippen molar-refractivity contribution in [2.45, 2.75) is 31.7 Å². The predicted octanol–water partition coefficient (Wildman–Crippen LogP) is 1.63. The van der Waals surface area contributed by atoms with E-state index in [2.05, 4.69) is 25.6 Å². The number of nitrogens with zero attached hydrogens (tertiary/aromatic N) is 2. The molecule has 0 bridgehead atoms. The largest absolute Gasteiger partial charge is 0.396 e. The number of aliphatic hydroxyl groups excluding tert-OH is 1. The van der Waals surface area contributed by atoms with Gasteiger partial charge in [-0.25, -0.2) is 14.8 Å². The van der Waals surface area contributed by atoms with Crippen LogP contribution in [0.1, 0.15) is 25.7 Å². The standard InChI is InChI=1S/C14H19N5O2/c20-8-9-2-1-3-10(6-9)17-14(21)19-12-7-16-13-11(18-12)4-5-15-13/h4-5,7,9-10,20H,1-3,6,8H2,(H,15,16)(H2,17,18,19,21). The van der Waals surface area contributed by atoms with Crippen LogP contribution in [0.5, 0.6) is 0 Å². The number of carbonyl (C=O) groups is 1. The summed E-state index contributed by atoms with van der Waals surface area (Å²) in [4.78, 5) is 23.4. The second-order valence-corrected chi connectivity index (χ2v) is 5.48. The maximum Gasteiger partial charge on any atom is 0.320 e. The van der Waals surface area contributed by atoms with Gasteiger partial charge in [0.15, 0.2) is 11.5 Å². The van der Waals surface area contributed by atoms with Gasteiger partial charge >= 0.3 is 6.03 Å². The molecule has 1 aliphatic rings. The molecule has 3 rings (SSSR count). The Labute approximate surface area is 122 Å². The molecule has 112 valence electrons. The third-order valence-corrected chi connectivity index (χ3v) is 3.88. The summed E-state index contributed by atoms with van der Waals surface area (Å²) in [6.45, 7) is 0.190. The van der Waals surface area contributed by atoms with Crippen LogP contribution >= 0.6 is 0 Å². The molecule has 1 aliphatic carbocycles. The molecule has 0 aromatic carbocycles. The Bertz CT molecular complexity index is 627. The number of aromatic amines is 1. The van der Waals surface area contributed by atoms with Gasteiger partial charge < -0.3 is 15.4 Å². The Hall–Kier alpha value is -2.15. The maximum absolute atomic E-state index is 12.0. The quantitative estimate of drug-likeness (QED) is 0.689. The van der Waals surface area contributed by atoms with E-state index in [9.17, 15) is 9.90 Å². The number of aromatic nitrogens is 3. The molecule has 1 fully saturated rings. The molecule has 4 N–H and O–H groups in total. The highest BCUT2D eigenvalue weighted by Gasteiger charge is 2.22. The van der Waals surface area contributed by atoms with Crippen LogP contribution < -0.4 is 10.6 Å². The first-order valence-corrected chi connectivity index (χ1v) is 7.23. The van der Waals surface area contributed by atoms with Crippen LogP contribution in [-0.2, 0) is 0 Å². The van der Waals surface area contributed by atoms with Crippen LogP contribution in [0, 0.1) is 5.92 Å². The minimum atomic E-state index is -0.275.